The molecule has 0 bridgehead atoms. The predicted octanol–water partition coefficient (Wildman–Crippen LogP) is 2.47. The third kappa shape index (κ3) is 1.56. The largest absolute Gasteiger partial charge is 0.330 e. The smallest absolute Gasteiger partial charge is 0.124 e. The van der Waals surface area contributed by atoms with Crippen LogP contribution in [-0.2, 0) is 5.41 Å². The van der Waals surface area contributed by atoms with Gasteiger partial charge < -0.3 is 5.73 Å². The van der Waals surface area contributed by atoms with E-state index in [4.69, 9.17) is 17.3 Å². The molecule has 1 saturated carbocycles. The van der Waals surface area contributed by atoms with Crippen LogP contribution in [0, 0.1) is 5.82 Å². The molecule has 1 aliphatic carbocycles. The summed E-state index contributed by atoms with van der Waals surface area (Å²) in [7, 11) is 0. The van der Waals surface area contributed by atoms with Crippen LogP contribution >= 0.6 is 11.6 Å². The lowest BCUT2D eigenvalue weighted by Crippen LogP contribution is -2.19. The molecular weight excluding hydrogens is 189 g/mol. The minimum Gasteiger partial charge on any atom is -0.330 e. The molecule has 0 unspecified atom stereocenters. The van der Waals surface area contributed by atoms with Crippen LogP contribution in [0.1, 0.15) is 18.4 Å². The molecule has 70 valence electrons. The quantitative estimate of drug-likeness (QED) is 0.778. The lowest BCUT2D eigenvalue weighted by molar-refractivity contribution is 0.616. The minimum absolute atomic E-state index is 0.0196. The first-order valence-corrected chi connectivity index (χ1v) is 4.71. The van der Waals surface area contributed by atoms with Crippen molar-refractivity contribution in [2.75, 3.05) is 6.54 Å². The summed E-state index contributed by atoms with van der Waals surface area (Å²) in [6.07, 6.45) is 2.09. The Hall–Kier alpha value is -0.600. The highest BCUT2D eigenvalue weighted by Crippen LogP contribution is 2.47. The molecule has 13 heavy (non-hydrogen) atoms. The molecule has 0 atom stereocenters. The topological polar surface area (TPSA) is 26.0 Å². The Morgan fingerprint density at radius 2 is 2.08 bits per heavy atom. The van der Waals surface area contributed by atoms with Crippen molar-refractivity contribution in [2.45, 2.75) is 18.3 Å². The van der Waals surface area contributed by atoms with E-state index < -0.39 is 0 Å². The van der Waals surface area contributed by atoms with Crippen LogP contribution in [0.3, 0.4) is 0 Å². The van der Waals surface area contributed by atoms with Gasteiger partial charge in [0.15, 0.2) is 0 Å². The normalized spacial score (nSPS) is 18.7. The van der Waals surface area contributed by atoms with E-state index in [9.17, 15) is 4.39 Å². The predicted molar refractivity (Wildman–Crippen MR) is 51.4 cm³/mol. The van der Waals surface area contributed by atoms with Gasteiger partial charge in [-0.2, -0.15) is 0 Å². The monoisotopic (exact) mass is 199 g/mol. The maximum atomic E-state index is 13.0. The molecule has 1 aliphatic rings. The number of nitrogens with two attached hydrogens (primary N) is 1. The van der Waals surface area contributed by atoms with Gasteiger partial charge in [-0.15, -0.1) is 0 Å². The van der Waals surface area contributed by atoms with Crippen molar-refractivity contribution in [2.24, 2.45) is 5.73 Å². The van der Waals surface area contributed by atoms with E-state index in [0.717, 1.165) is 18.4 Å². The second-order valence-corrected chi connectivity index (χ2v) is 4.08. The molecule has 0 spiro atoms. The van der Waals surface area contributed by atoms with Crippen LogP contribution in [0.15, 0.2) is 18.2 Å². The van der Waals surface area contributed by atoms with Crippen LogP contribution in [0.4, 0.5) is 4.39 Å². The summed E-state index contributed by atoms with van der Waals surface area (Å²) in [4.78, 5) is 0. The van der Waals surface area contributed by atoms with E-state index in [1.165, 1.54) is 12.1 Å². The van der Waals surface area contributed by atoms with Gasteiger partial charge in [0, 0.05) is 17.0 Å². The number of rotatable bonds is 2. The molecular formula is C10H11ClFN. The summed E-state index contributed by atoms with van der Waals surface area (Å²) < 4.78 is 13.0. The van der Waals surface area contributed by atoms with Crippen molar-refractivity contribution in [3.05, 3.63) is 34.6 Å². The van der Waals surface area contributed by atoms with Gasteiger partial charge in [-0.25, -0.2) is 4.39 Å². The average Bonchev–Trinajstić information content (AvgIpc) is 2.82. The fraction of sp³-hybridized carbons (Fsp3) is 0.400. The van der Waals surface area contributed by atoms with E-state index in [-0.39, 0.29) is 11.2 Å². The standard InChI is InChI=1S/C10H11ClFN/c11-8-3-7(4-9(12)5-8)10(6-13)1-2-10/h3-5H,1-2,6,13H2. The molecule has 0 aromatic heterocycles. The van der Waals surface area contributed by atoms with E-state index >= 15 is 0 Å². The third-order valence-electron chi connectivity index (χ3n) is 2.72. The molecule has 0 aliphatic heterocycles. The molecule has 0 radical (unpaired) electrons. The Kier molecular flexibility index (Phi) is 2.05. The van der Waals surface area contributed by atoms with Crippen LogP contribution < -0.4 is 5.73 Å². The summed E-state index contributed by atoms with van der Waals surface area (Å²) in [6, 6.07) is 4.66. The zero-order chi connectivity index (χ0) is 9.47. The van der Waals surface area contributed by atoms with Gasteiger partial charge in [-0.05, 0) is 36.6 Å². The van der Waals surface area contributed by atoms with Crippen LogP contribution in [-0.4, -0.2) is 6.54 Å². The van der Waals surface area contributed by atoms with Crippen molar-refractivity contribution < 1.29 is 4.39 Å². The van der Waals surface area contributed by atoms with Crippen LogP contribution in [0.5, 0.6) is 0 Å². The van der Waals surface area contributed by atoms with E-state index in [0.29, 0.717) is 11.6 Å². The molecule has 0 saturated heterocycles. The molecule has 0 heterocycles. The highest BCUT2D eigenvalue weighted by Gasteiger charge is 2.43. The summed E-state index contributed by atoms with van der Waals surface area (Å²) >= 11 is 5.76. The van der Waals surface area contributed by atoms with Crippen LogP contribution in [0.2, 0.25) is 5.02 Å². The van der Waals surface area contributed by atoms with Crippen molar-refractivity contribution in [3.63, 3.8) is 0 Å². The summed E-state index contributed by atoms with van der Waals surface area (Å²) in [6.45, 7) is 0.576. The Labute approximate surface area is 81.7 Å². The molecule has 0 amide bonds. The maximum Gasteiger partial charge on any atom is 0.124 e. The van der Waals surface area contributed by atoms with Gasteiger partial charge in [0.2, 0.25) is 0 Å². The third-order valence-corrected chi connectivity index (χ3v) is 2.94. The number of hydrogen-bond donors (Lipinski definition) is 1. The molecule has 1 fully saturated rings. The fourth-order valence-electron chi connectivity index (χ4n) is 1.62. The lowest BCUT2D eigenvalue weighted by Gasteiger charge is -2.12. The Bertz CT molecular complexity index is 313. The van der Waals surface area contributed by atoms with Gasteiger partial charge in [0.05, 0.1) is 0 Å². The lowest BCUT2D eigenvalue weighted by atomic mass is 9.96. The number of halogens is 2. The first-order valence-electron chi connectivity index (χ1n) is 4.33. The van der Waals surface area contributed by atoms with Crippen molar-refractivity contribution in [1.82, 2.24) is 0 Å². The summed E-state index contributed by atoms with van der Waals surface area (Å²) in [5, 5.41) is 0.453. The van der Waals surface area contributed by atoms with Crippen LogP contribution in [0.25, 0.3) is 0 Å². The molecule has 1 nitrogen and oxygen atoms in total. The Balaban J connectivity index is 2.40. The second-order valence-electron chi connectivity index (χ2n) is 3.64. The minimum atomic E-state index is -0.276. The maximum absolute atomic E-state index is 13.0. The highest BCUT2D eigenvalue weighted by atomic mass is 35.5. The van der Waals surface area contributed by atoms with E-state index in [2.05, 4.69) is 0 Å². The average molecular weight is 200 g/mol. The molecule has 1 aromatic carbocycles. The first-order chi connectivity index (χ1) is 6.16. The molecule has 3 heteroatoms. The molecule has 2 rings (SSSR count). The zero-order valence-electron chi connectivity index (χ0n) is 7.19. The number of benzene rings is 1. The van der Waals surface area contributed by atoms with Gasteiger partial charge in [0.1, 0.15) is 5.82 Å². The SMILES string of the molecule is NCC1(c2cc(F)cc(Cl)c2)CC1. The van der Waals surface area contributed by atoms with Gasteiger partial charge >= 0.3 is 0 Å². The number of hydrogen-bond acceptors (Lipinski definition) is 1. The van der Waals surface area contributed by atoms with Gasteiger partial charge in [-0.1, -0.05) is 11.6 Å². The zero-order valence-corrected chi connectivity index (χ0v) is 7.94. The molecule has 1 aromatic rings. The molecule has 2 N–H and O–H groups in total. The highest BCUT2D eigenvalue weighted by molar-refractivity contribution is 6.30. The summed E-state index contributed by atoms with van der Waals surface area (Å²) in [5.74, 6) is -0.276. The van der Waals surface area contributed by atoms with E-state index in [1.54, 1.807) is 0 Å². The second kappa shape index (κ2) is 2.96. The van der Waals surface area contributed by atoms with E-state index in [1.807, 2.05) is 6.07 Å². The van der Waals surface area contributed by atoms with Crippen molar-refractivity contribution >= 4 is 11.6 Å². The Morgan fingerprint density at radius 3 is 2.54 bits per heavy atom. The fourth-order valence-corrected chi connectivity index (χ4v) is 1.84. The Morgan fingerprint density at radius 1 is 1.38 bits per heavy atom. The van der Waals surface area contributed by atoms with Crippen molar-refractivity contribution in [1.29, 1.82) is 0 Å². The van der Waals surface area contributed by atoms with Gasteiger partial charge in [0.25, 0.3) is 0 Å². The van der Waals surface area contributed by atoms with Gasteiger partial charge in [-0.3, -0.25) is 0 Å². The summed E-state index contributed by atoms with van der Waals surface area (Å²) in [5.41, 5.74) is 6.60. The van der Waals surface area contributed by atoms with Crippen molar-refractivity contribution in [3.8, 4) is 0 Å². The first kappa shape index (κ1) is 8.97.